The van der Waals surface area contributed by atoms with Crippen molar-refractivity contribution >= 4 is 11.6 Å². The van der Waals surface area contributed by atoms with Crippen LogP contribution in [0.15, 0.2) is 30.6 Å². The van der Waals surface area contributed by atoms with Gasteiger partial charge in [-0.25, -0.2) is 0 Å². The van der Waals surface area contributed by atoms with Crippen LogP contribution in [0.25, 0.3) is 0 Å². The topological polar surface area (TPSA) is 85.4 Å². The van der Waals surface area contributed by atoms with E-state index in [4.69, 9.17) is 5.26 Å². The van der Waals surface area contributed by atoms with Gasteiger partial charge in [-0.2, -0.15) is 23.5 Å². The predicted molar refractivity (Wildman–Crippen MR) is 119 cm³/mol. The molecule has 0 aliphatic carbocycles. The van der Waals surface area contributed by atoms with E-state index >= 15 is 0 Å². The Labute approximate surface area is 196 Å². The molecule has 2 aromatic rings. The van der Waals surface area contributed by atoms with Gasteiger partial charge in [0.2, 0.25) is 5.91 Å². The molecule has 0 bridgehead atoms. The van der Waals surface area contributed by atoms with E-state index in [1.807, 2.05) is 22.9 Å². The van der Waals surface area contributed by atoms with Crippen LogP contribution < -0.4 is 4.90 Å². The molecule has 1 aromatic carbocycles. The van der Waals surface area contributed by atoms with Gasteiger partial charge in [0.25, 0.3) is 0 Å². The number of rotatable bonds is 5. The molecule has 1 amide bonds. The van der Waals surface area contributed by atoms with Gasteiger partial charge in [0.05, 0.1) is 23.4 Å². The average Bonchev–Trinajstić information content (AvgIpc) is 3.40. The zero-order valence-electron chi connectivity index (χ0n) is 19.1. The van der Waals surface area contributed by atoms with E-state index in [-0.39, 0.29) is 29.4 Å². The first-order chi connectivity index (χ1) is 16.1. The molecule has 1 unspecified atom stereocenters. The van der Waals surface area contributed by atoms with E-state index < -0.39 is 11.7 Å². The summed E-state index contributed by atoms with van der Waals surface area (Å²) in [6.45, 7) is 4.48. The molecule has 2 saturated heterocycles. The number of benzene rings is 1. The largest absolute Gasteiger partial charge is 0.417 e. The van der Waals surface area contributed by atoms with Crippen LogP contribution in [0.5, 0.6) is 0 Å². The summed E-state index contributed by atoms with van der Waals surface area (Å²) in [6, 6.07) is 5.43. The number of nitrogens with zero attached hydrogens (tertiary/aromatic N) is 5. The van der Waals surface area contributed by atoms with Crippen LogP contribution in [-0.2, 0) is 17.5 Å². The Hall–Kier alpha value is -3.06. The summed E-state index contributed by atoms with van der Waals surface area (Å²) in [5.74, 6) is -0.0370. The number of carbonyl (C=O) groups excluding carboxylic acids is 1. The molecule has 1 N–H and O–H groups in total. The fourth-order valence-corrected chi connectivity index (χ4v) is 5.27. The molecule has 7 nitrogen and oxygen atoms in total. The molecule has 1 spiro atoms. The van der Waals surface area contributed by atoms with E-state index in [1.165, 1.54) is 6.07 Å². The third kappa shape index (κ3) is 4.75. The van der Waals surface area contributed by atoms with Gasteiger partial charge in [-0.3, -0.25) is 9.48 Å². The number of anilines is 1. The Morgan fingerprint density at radius 1 is 1.32 bits per heavy atom. The Bertz CT molecular complexity index is 1080. The number of likely N-dealkylation sites (tertiary alicyclic amines) is 1. The lowest BCUT2D eigenvalue weighted by molar-refractivity contribution is -0.137. The zero-order valence-corrected chi connectivity index (χ0v) is 19.1. The summed E-state index contributed by atoms with van der Waals surface area (Å²) in [4.78, 5) is 16.6. The number of aliphatic hydroxyl groups excluding tert-OH is 1. The van der Waals surface area contributed by atoms with E-state index in [2.05, 4.69) is 5.10 Å². The summed E-state index contributed by atoms with van der Waals surface area (Å²) in [5.41, 5.74) is -0.0966. The van der Waals surface area contributed by atoms with Crippen molar-refractivity contribution in [3.63, 3.8) is 0 Å². The number of hydrogen-bond acceptors (Lipinski definition) is 5. The molecule has 0 radical (unpaired) electrons. The van der Waals surface area contributed by atoms with Crippen LogP contribution in [-0.4, -0.2) is 58.5 Å². The molecule has 0 saturated carbocycles. The highest BCUT2D eigenvalue weighted by molar-refractivity contribution is 5.76. The normalized spacial score (nSPS) is 20.1. The van der Waals surface area contributed by atoms with Gasteiger partial charge in [0.1, 0.15) is 0 Å². The van der Waals surface area contributed by atoms with Gasteiger partial charge in [-0.05, 0) is 48.9 Å². The molecule has 34 heavy (non-hydrogen) atoms. The van der Waals surface area contributed by atoms with Crippen molar-refractivity contribution in [3.05, 3.63) is 47.3 Å². The number of aliphatic hydroxyl groups is 1. The van der Waals surface area contributed by atoms with Crippen LogP contribution in [0.1, 0.15) is 36.0 Å². The van der Waals surface area contributed by atoms with Crippen molar-refractivity contribution in [2.24, 2.45) is 11.3 Å². The van der Waals surface area contributed by atoms with Crippen molar-refractivity contribution in [3.8, 4) is 6.07 Å². The van der Waals surface area contributed by atoms with E-state index in [1.54, 1.807) is 23.0 Å². The third-order valence-electron chi connectivity index (χ3n) is 7.26. The Balaban J connectivity index is 1.41. The summed E-state index contributed by atoms with van der Waals surface area (Å²) < 4.78 is 41.9. The Morgan fingerprint density at radius 2 is 2.06 bits per heavy atom. The SMILES string of the molecule is Cc1cnn(CCC(=O)N2CC(CO)C3(CCN(c4ccc(C#N)c(C(F)(F)F)c4)CC3)C2)c1. The predicted octanol–water partition coefficient (Wildman–Crippen LogP) is 3.21. The molecule has 2 fully saturated rings. The molecular formula is C24H28F3N5O2. The number of aryl methyl sites for hydroxylation is 2. The van der Waals surface area contributed by atoms with E-state index in [0.717, 1.165) is 11.6 Å². The van der Waals surface area contributed by atoms with Crippen LogP contribution in [0, 0.1) is 29.6 Å². The van der Waals surface area contributed by atoms with E-state index in [9.17, 15) is 23.1 Å². The number of amides is 1. The number of carbonyl (C=O) groups is 1. The van der Waals surface area contributed by atoms with Gasteiger partial charge in [0, 0.05) is 63.6 Å². The number of hydrogen-bond donors (Lipinski definition) is 1. The highest BCUT2D eigenvalue weighted by atomic mass is 19.4. The van der Waals surface area contributed by atoms with Crippen molar-refractivity contribution in [2.75, 3.05) is 37.7 Å². The van der Waals surface area contributed by atoms with Crippen LogP contribution in [0.2, 0.25) is 0 Å². The van der Waals surface area contributed by atoms with Gasteiger partial charge < -0.3 is 14.9 Å². The molecule has 2 aliphatic heterocycles. The van der Waals surface area contributed by atoms with Gasteiger partial charge in [-0.1, -0.05) is 0 Å². The molecule has 4 rings (SSSR count). The van der Waals surface area contributed by atoms with Gasteiger partial charge in [-0.15, -0.1) is 0 Å². The molecule has 1 atom stereocenters. The molecule has 2 aliphatic rings. The smallest absolute Gasteiger partial charge is 0.396 e. The highest BCUT2D eigenvalue weighted by Gasteiger charge is 2.49. The third-order valence-corrected chi connectivity index (χ3v) is 7.26. The minimum atomic E-state index is -4.60. The molecule has 10 heteroatoms. The van der Waals surface area contributed by atoms with Gasteiger partial charge >= 0.3 is 6.18 Å². The maximum Gasteiger partial charge on any atom is 0.417 e. The van der Waals surface area contributed by atoms with Crippen molar-refractivity contribution in [1.82, 2.24) is 14.7 Å². The quantitative estimate of drug-likeness (QED) is 0.718. The first-order valence-corrected chi connectivity index (χ1v) is 11.4. The molecule has 1 aromatic heterocycles. The first kappa shape index (κ1) is 24.1. The summed E-state index contributed by atoms with van der Waals surface area (Å²) >= 11 is 0. The second kappa shape index (κ2) is 9.29. The monoisotopic (exact) mass is 475 g/mol. The lowest BCUT2D eigenvalue weighted by Crippen LogP contribution is -2.45. The molecular weight excluding hydrogens is 447 g/mol. The Kier molecular flexibility index (Phi) is 6.58. The highest BCUT2D eigenvalue weighted by Crippen LogP contribution is 2.46. The first-order valence-electron chi connectivity index (χ1n) is 11.4. The summed E-state index contributed by atoms with van der Waals surface area (Å²) in [6.07, 6.45) is 0.701. The minimum absolute atomic E-state index is 0.0211. The fourth-order valence-electron chi connectivity index (χ4n) is 5.27. The second-order valence-corrected chi connectivity index (χ2v) is 9.37. The van der Waals surface area contributed by atoms with Crippen LogP contribution in [0.4, 0.5) is 18.9 Å². The average molecular weight is 476 g/mol. The van der Waals surface area contributed by atoms with Crippen LogP contribution in [0.3, 0.4) is 0 Å². The van der Waals surface area contributed by atoms with E-state index in [0.29, 0.717) is 57.7 Å². The molecule has 182 valence electrons. The second-order valence-electron chi connectivity index (χ2n) is 9.37. The number of alkyl halides is 3. The number of nitriles is 1. The number of aromatic nitrogens is 2. The molecule has 3 heterocycles. The zero-order chi connectivity index (χ0) is 24.5. The summed E-state index contributed by atoms with van der Waals surface area (Å²) in [5, 5.41) is 23.3. The standard InChI is InChI=1S/C24H28F3N5O2/c1-17-12-29-32(13-17)7-4-22(34)31-14-19(15-33)23(16-31)5-8-30(9-6-23)20-3-2-18(11-28)21(10-20)24(25,26)27/h2-3,10,12-13,19,33H,4-9,14-16H2,1H3. The van der Waals surface area contributed by atoms with Crippen molar-refractivity contribution in [2.45, 2.75) is 38.9 Å². The summed E-state index contributed by atoms with van der Waals surface area (Å²) in [7, 11) is 0. The fraction of sp³-hybridized carbons (Fsp3) is 0.542. The van der Waals surface area contributed by atoms with Crippen LogP contribution >= 0.6 is 0 Å². The number of piperidine rings is 1. The minimum Gasteiger partial charge on any atom is -0.396 e. The van der Waals surface area contributed by atoms with Gasteiger partial charge in [0.15, 0.2) is 0 Å². The number of halogens is 3. The lowest BCUT2D eigenvalue weighted by Gasteiger charge is -2.43. The van der Waals surface area contributed by atoms with Crippen molar-refractivity contribution in [1.29, 1.82) is 5.26 Å². The maximum atomic E-state index is 13.4. The maximum absolute atomic E-state index is 13.4. The lowest BCUT2D eigenvalue weighted by atomic mass is 9.71. The Morgan fingerprint density at radius 3 is 2.65 bits per heavy atom. The van der Waals surface area contributed by atoms with Crippen molar-refractivity contribution < 1.29 is 23.1 Å².